The number of nitrogens with zero attached hydrogens (tertiary/aromatic N) is 1. The number of carbonyl (C=O) groups excluding carboxylic acids is 1. The Morgan fingerprint density at radius 2 is 2.26 bits per heavy atom. The first-order chi connectivity index (χ1) is 11.3. The van der Waals surface area contributed by atoms with Gasteiger partial charge in [-0.1, -0.05) is 0 Å². The number of hydrogen-bond donors (Lipinski definition) is 1. The van der Waals surface area contributed by atoms with E-state index in [4.69, 9.17) is 4.74 Å². The quantitative estimate of drug-likeness (QED) is 0.868. The van der Waals surface area contributed by atoms with E-state index in [1.165, 1.54) is 18.4 Å². The first-order valence-corrected chi connectivity index (χ1v) is 9.80. The van der Waals surface area contributed by atoms with Crippen LogP contribution in [-0.4, -0.2) is 43.7 Å². The van der Waals surface area contributed by atoms with E-state index in [9.17, 15) is 4.79 Å². The topological polar surface area (TPSA) is 41.6 Å². The van der Waals surface area contributed by atoms with Crippen molar-refractivity contribution in [3.05, 3.63) is 22.4 Å². The second kappa shape index (κ2) is 6.91. The van der Waals surface area contributed by atoms with Gasteiger partial charge in [0.2, 0.25) is 5.91 Å². The van der Waals surface area contributed by atoms with Crippen LogP contribution >= 0.6 is 11.3 Å². The van der Waals surface area contributed by atoms with Crippen LogP contribution in [0.25, 0.3) is 0 Å². The fourth-order valence-corrected chi connectivity index (χ4v) is 4.72. The van der Waals surface area contributed by atoms with Gasteiger partial charge < -0.3 is 10.1 Å². The molecule has 3 heterocycles. The maximum absolute atomic E-state index is 12.2. The highest BCUT2D eigenvalue weighted by Crippen LogP contribution is 2.36. The molecule has 1 aliphatic carbocycles. The van der Waals surface area contributed by atoms with Crippen LogP contribution in [0.5, 0.6) is 0 Å². The van der Waals surface area contributed by atoms with Crippen LogP contribution in [0.1, 0.15) is 24.8 Å². The molecular weight excluding hydrogens is 308 g/mol. The molecule has 2 saturated heterocycles. The summed E-state index contributed by atoms with van der Waals surface area (Å²) in [7, 11) is 0. The number of likely N-dealkylation sites (tertiary alicyclic amines) is 1. The molecule has 1 saturated carbocycles. The molecule has 3 fully saturated rings. The largest absolute Gasteiger partial charge is 0.381 e. The molecular formula is C18H26N2O2S. The molecule has 1 N–H and O–H groups in total. The zero-order chi connectivity index (χ0) is 15.6. The van der Waals surface area contributed by atoms with Crippen LogP contribution in [0.4, 0.5) is 0 Å². The van der Waals surface area contributed by atoms with E-state index in [0.29, 0.717) is 24.2 Å². The van der Waals surface area contributed by atoms with Gasteiger partial charge in [0.25, 0.3) is 0 Å². The highest BCUT2D eigenvalue weighted by molar-refractivity contribution is 7.07. The summed E-state index contributed by atoms with van der Waals surface area (Å²) < 4.78 is 5.81. The Labute approximate surface area is 142 Å². The van der Waals surface area contributed by atoms with E-state index in [1.807, 2.05) is 0 Å². The van der Waals surface area contributed by atoms with Gasteiger partial charge in [0.05, 0.1) is 13.2 Å². The zero-order valence-corrected chi connectivity index (χ0v) is 14.4. The molecule has 4 rings (SSSR count). The predicted octanol–water partition coefficient (Wildman–Crippen LogP) is 2.36. The van der Waals surface area contributed by atoms with Crippen molar-refractivity contribution < 1.29 is 9.53 Å². The maximum atomic E-state index is 12.2. The summed E-state index contributed by atoms with van der Waals surface area (Å²) in [6.45, 7) is 5.77. The van der Waals surface area contributed by atoms with Crippen LogP contribution < -0.4 is 5.32 Å². The van der Waals surface area contributed by atoms with Crippen molar-refractivity contribution in [3.8, 4) is 0 Å². The van der Waals surface area contributed by atoms with E-state index in [2.05, 4.69) is 27.0 Å². The van der Waals surface area contributed by atoms with Crippen LogP contribution in [-0.2, 0) is 16.1 Å². The van der Waals surface area contributed by atoms with Crippen molar-refractivity contribution >= 4 is 17.2 Å². The number of nitrogens with one attached hydrogen (secondary N) is 1. The fourth-order valence-electron chi connectivity index (χ4n) is 4.06. The standard InChI is InChI=1S/C18H26N2O2S/c21-18(19-6-13-1-2-13)5-15-10-22-11-16-8-20(9-17(15)16)7-14-3-4-23-12-14/h3-4,12-13,15-17H,1-2,5-11H2,(H,19,21)/t15-,16-,17+/m1/s1. The molecule has 1 aromatic rings. The number of rotatable bonds is 6. The van der Waals surface area contributed by atoms with Gasteiger partial charge in [-0.05, 0) is 58.9 Å². The normalized spacial score (nSPS) is 31.0. The highest BCUT2D eigenvalue weighted by Gasteiger charge is 2.41. The number of thiophene rings is 1. The van der Waals surface area contributed by atoms with Gasteiger partial charge in [0.15, 0.2) is 0 Å². The first kappa shape index (κ1) is 15.6. The van der Waals surface area contributed by atoms with Crippen LogP contribution in [0.15, 0.2) is 16.8 Å². The Balaban J connectivity index is 1.30. The van der Waals surface area contributed by atoms with Gasteiger partial charge in [-0.2, -0.15) is 11.3 Å². The minimum atomic E-state index is 0.224. The Hall–Kier alpha value is -0.910. The van der Waals surface area contributed by atoms with E-state index in [1.54, 1.807) is 11.3 Å². The fraction of sp³-hybridized carbons (Fsp3) is 0.722. The molecule has 0 bridgehead atoms. The second-order valence-corrected chi connectivity index (χ2v) is 8.28. The van der Waals surface area contributed by atoms with Gasteiger partial charge in [-0.15, -0.1) is 0 Å². The first-order valence-electron chi connectivity index (χ1n) is 8.86. The van der Waals surface area contributed by atoms with Crippen molar-refractivity contribution in [2.24, 2.45) is 23.7 Å². The number of carbonyl (C=O) groups is 1. The molecule has 4 nitrogen and oxygen atoms in total. The molecule has 0 aromatic carbocycles. The summed E-state index contributed by atoms with van der Waals surface area (Å²) in [6.07, 6.45) is 3.21. The summed E-state index contributed by atoms with van der Waals surface area (Å²) in [6, 6.07) is 2.21. The molecule has 1 amide bonds. The molecule has 126 valence electrons. The summed E-state index contributed by atoms with van der Waals surface area (Å²) in [5.41, 5.74) is 1.41. The third kappa shape index (κ3) is 3.95. The molecule has 0 unspecified atom stereocenters. The molecule has 1 aromatic heterocycles. The monoisotopic (exact) mass is 334 g/mol. The third-order valence-corrected chi connectivity index (χ3v) is 6.29. The SMILES string of the molecule is O=C(C[C@@H]1COC[C@H]2CN(Cc3ccsc3)C[C@@H]12)NCC1CC1. The summed E-state index contributed by atoms with van der Waals surface area (Å²) in [5.74, 6) is 2.59. The van der Waals surface area contributed by atoms with E-state index < -0.39 is 0 Å². The van der Waals surface area contributed by atoms with Gasteiger partial charge in [0, 0.05) is 32.6 Å². The van der Waals surface area contributed by atoms with Crippen molar-refractivity contribution in [1.29, 1.82) is 0 Å². The second-order valence-electron chi connectivity index (χ2n) is 7.50. The van der Waals surface area contributed by atoms with Crippen molar-refractivity contribution in [2.75, 3.05) is 32.8 Å². The van der Waals surface area contributed by atoms with Gasteiger partial charge in [0.1, 0.15) is 0 Å². The van der Waals surface area contributed by atoms with Crippen LogP contribution in [0, 0.1) is 23.7 Å². The molecule has 5 heteroatoms. The lowest BCUT2D eigenvalue weighted by molar-refractivity contribution is -0.124. The van der Waals surface area contributed by atoms with E-state index >= 15 is 0 Å². The smallest absolute Gasteiger partial charge is 0.220 e. The van der Waals surface area contributed by atoms with Crippen molar-refractivity contribution in [2.45, 2.75) is 25.8 Å². The zero-order valence-electron chi connectivity index (χ0n) is 13.6. The van der Waals surface area contributed by atoms with Gasteiger partial charge >= 0.3 is 0 Å². The minimum Gasteiger partial charge on any atom is -0.381 e. The van der Waals surface area contributed by atoms with Gasteiger partial charge in [-0.3, -0.25) is 9.69 Å². The molecule has 2 aliphatic heterocycles. The van der Waals surface area contributed by atoms with E-state index in [-0.39, 0.29) is 5.91 Å². The number of fused-ring (bicyclic) bond motifs is 1. The minimum absolute atomic E-state index is 0.224. The summed E-state index contributed by atoms with van der Waals surface area (Å²) in [5, 5.41) is 7.50. The average Bonchev–Trinajstić information content (AvgIpc) is 3.05. The molecule has 0 spiro atoms. The molecule has 23 heavy (non-hydrogen) atoms. The number of amides is 1. The number of ether oxygens (including phenoxy) is 1. The lowest BCUT2D eigenvalue weighted by atomic mass is 9.81. The maximum Gasteiger partial charge on any atom is 0.220 e. The third-order valence-electron chi connectivity index (χ3n) is 5.56. The summed E-state index contributed by atoms with van der Waals surface area (Å²) in [4.78, 5) is 14.7. The molecule has 0 radical (unpaired) electrons. The Morgan fingerprint density at radius 3 is 3.04 bits per heavy atom. The van der Waals surface area contributed by atoms with Crippen LogP contribution in [0.3, 0.4) is 0 Å². The molecule has 3 aliphatic rings. The summed E-state index contributed by atoms with van der Waals surface area (Å²) >= 11 is 1.77. The van der Waals surface area contributed by atoms with Gasteiger partial charge in [-0.25, -0.2) is 0 Å². The lowest BCUT2D eigenvalue weighted by Gasteiger charge is -2.32. The Kier molecular flexibility index (Phi) is 4.69. The average molecular weight is 334 g/mol. The van der Waals surface area contributed by atoms with E-state index in [0.717, 1.165) is 45.3 Å². The predicted molar refractivity (Wildman–Crippen MR) is 91.2 cm³/mol. The number of hydrogen-bond acceptors (Lipinski definition) is 4. The molecule has 3 atom stereocenters. The van der Waals surface area contributed by atoms with Crippen LogP contribution in [0.2, 0.25) is 0 Å². The lowest BCUT2D eigenvalue weighted by Crippen LogP contribution is -2.38. The Bertz CT molecular complexity index is 529. The highest BCUT2D eigenvalue weighted by atomic mass is 32.1. The van der Waals surface area contributed by atoms with Crippen molar-refractivity contribution in [3.63, 3.8) is 0 Å². The Morgan fingerprint density at radius 1 is 1.35 bits per heavy atom. The van der Waals surface area contributed by atoms with Crippen molar-refractivity contribution in [1.82, 2.24) is 10.2 Å².